The lowest BCUT2D eigenvalue weighted by molar-refractivity contribution is -0.117. The van der Waals surface area contributed by atoms with Crippen molar-refractivity contribution in [3.05, 3.63) is 48.0 Å². The van der Waals surface area contributed by atoms with Crippen molar-refractivity contribution in [1.82, 2.24) is 0 Å². The van der Waals surface area contributed by atoms with Crippen LogP contribution in [0.4, 0.5) is 22.7 Å². The highest BCUT2D eigenvalue weighted by Crippen LogP contribution is 2.23. The third-order valence-corrected chi connectivity index (χ3v) is 4.41. The number of amides is 3. The summed E-state index contributed by atoms with van der Waals surface area (Å²) in [5.74, 6) is 0.00726. The van der Waals surface area contributed by atoms with Gasteiger partial charge < -0.3 is 21.3 Å². The zero-order chi connectivity index (χ0) is 22.1. The van der Waals surface area contributed by atoms with Crippen molar-refractivity contribution in [2.45, 2.75) is 40.5 Å². The molecule has 30 heavy (non-hydrogen) atoms. The highest BCUT2D eigenvalue weighted by Gasteiger charge is 2.09. The molecule has 0 unspecified atom stereocenters. The Bertz CT molecular complexity index is 892. The second-order valence-electron chi connectivity index (χ2n) is 7.51. The summed E-state index contributed by atoms with van der Waals surface area (Å²) < 4.78 is 0. The van der Waals surface area contributed by atoms with E-state index in [9.17, 15) is 14.4 Å². The molecule has 0 radical (unpaired) electrons. The summed E-state index contributed by atoms with van der Waals surface area (Å²) >= 11 is 0. The predicted octanol–water partition coefficient (Wildman–Crippen LogP) is 4.38. The van der Waals surface area contributed by atoms with Gasteiger partial charge in [0.2, 0.25) is 17.7 Å². The van der Waals surface area contributed by atoms with E-state index in [4.69, 9.17) is 0 Å². The average molecular weight is 411 g/mol. The van der Waals surface area contributed by atoms with Gasteiger partial charge in [-0.05, 0) is 54.8 Å². The van der Waals surface area contributed by atoms with Crippen LogP contribution >= 0.6 is 0 Å². The van der Waals surface area contributed by atoms with Crippen molar-refractivity contribution in [2.24, 2.45) is 5.92 Å². The van der Waals surface area contributed by atoms with Gasteiger partial charge in [-0.3, -0.25) is 14.4 Å². The van der Waals surface area contributed by atoms with Crippen molar-refractivity contribution < 1.29 is 14.4 Å². The number of anilines is 4. The second kappa shape index (κ2) is 11.0. The SMILES string of the molecule is CCC(=O)Nc1cccc(NCC(=O)Nc2ccc(NC(=O)CC(C)C)cc2)c1C. The summed E-state index contributed by atoms with van der Waals surface area (Å²) in [6.07, 6.45) is 0.868. The van der Waals surface area contributed by atoms with E-state index in [0.29, 0.717) is 30.1 Å². The van der Waals surface area contributed by atoms with Gasteiger partial charge in [-0.25, -0.2) is 0 Å². The lowest BCUT2D eigenvalue weighted by Crippen LogP contribution is -2.22. The van der Waals surface area contributed by atoms with Gasteiger partial charge in [0.05, 0.1) is 6.54 Å². The Labute approximate surface area is 177 Å². The van der Waals surface area contributed by atoms with Gasteiger partial charge in [-0.1, -0.05) is 26.8 Å². The third-order valence-electron chi connectivity index (χ3n) is 4.41. The molecule has 0 aliphatic rings. The van der Waals surface area contributed by atoms with E-state index in [2.05, 4.69) is 21.3 Å². The van der Waals surface area contributed by atoms with Crippen molar-refractivity contribution >= 4 is 40.5 Å². The number of benzene rings is 2. The number of nitrogens with one attached hydrogen (secondary N) is 4. The van der Waals surface area contributed by atoms with Crippen LogP contribution < -0.4 is 21.3 Å². The Morgan fingerprint density at radius 2 is 1.37 bits per heavy atom. The van der Waals surface area contributed by atoms with Crippen LogP contribution in [-0.4, -0.2) is 24.3 Å². The fraction of sp³-hybridized carbons (Fsp3) is 0.348. The largest absolute Gasteiger partial charge is 0.376 e. The Morgan fingerprint density at radius 3 is 1.93 bits per heavy atom. The van der Waals surface area contributed by atoms with Crippen molar-refractivity contribution in [2.75, 3.05) is 27.8 Å². The van der Waals surface area contributed by atoms with Crippen molar-refractivity contribution in [3.8, 4) is 0 Å². The van der Waals surface area contributed by atoms with Gasteiger partial charge in [0, 0.05) is 35.6 Å². The highest BCUT2D eigenvalue weighted by molar-refractivity contribution is 5.95. The lowest BCUT2D eigenvalue weighted by Gasteiger charge is -2.14. The molecule has 0 spiro atoms. The zero-order valence-electron chi connectivity index (χ0n) is 18.0. The minimum absolute atomic E-state index is 0.0290. The number of hydrogen-bond acceptors (Lipinski definition) is 4. The van der Waals surface area contributed by atoms with Gasteiger partial charge in [-0.15, -0.1) is 0 Å². The van der Waals surface area contributed by atoms with Crippen LogP contribution in [0.3, 0.4) is 0 Å². The topological polar surface area (TPSA) is 99.3 Å². The molecule has 0 aliphatic carbocycles. The van der Waals surface area contributed by atoms with E-state index in [-0.39, 0.29) is 24.3 Å². The third kappa shape index (κ3) is 7.24. The first-order valence-electron chi connectivity index (χ1n) is 10.1. The first kappa shape index (κ1) is 22.9. The van der Waals surface area contributed by atoms with E-state index in [1.807, 2.05) is 39.0 Å². The summed E-state index contributed by atoms with van der Waals surface area (Å²) in [5.41, 5.74) is 3.71. The molecule has 0 heterocycles. The Balaban J connectivity index is 1.88. The maximum Gasteiger partial charge on any atom is 0.243 e. The minimum atomic E-state index is -0.200. The predicted molar refractivity (Wildman–Crippen MR) is 122 cm³/mol. The molecule has 0 saturated heterocycles. The van der Waals surface area contributed by atoms with Gasteiger partial charge in [0.25, 0.3) is 0 Å². The van der Waals surface area contributed by atoms with Gasteiger partial charge in [-0.2, -0.15) is 0 Å². The summed E-state index contributed by atoms with van der Waals surface area (Å²) in [6.45, 7) is 7.75. The van der Waals surface area contributed by atoms with Gasteiger partial charge in [0.1, 0.15) is 0 Å². The zero-order valence-corrected chi connectivity index (χ0v) is 18.0. The molecule has 0 bridgehead atoms. The smallest absolute Gasteiger partial charge is 0.243 e. The van der Waals surface area contributed by atoms with Gasteiger partial charge >= 0.3 is 0 Å². The molecule has 0 fully saturated rings. The van der Waals surface area contributed by atoms with Crippen LogP contribution in [0.25, 0.3) is 0 Å². The first-order valence-corrected chi connectivity index (χ1v) is 10.1. The molecular weight excluding hydrogens is 380 g/mol. The van der Waals surface area contributed by atoms with Crippen LogP contribution in [0.5, 0.6) is 0 Å². The number of carbonyl (C=O) groups excluding carboxylic acids is 3. The maximum atomic E-state index is 12.3. The summed E-state index contributed by atoms with van der Waals surface area (Å²) in [6, 6.07) is 12.5. The van der Waals surface area contributed by atoms with Crippen molar-refractivity contribution in [1.29, 1.82) is 0 Å². The average Bonchev–Trinajstić information content (AvgIpc) is 2.69. The van der Waals surface area contributed by atoms with Gasteiger partial charge in [0.15, 0.2) is 0 Å². The molecule has 2 aromatic carbocycles. The molecule has 2 aromatic rings. The first-order chi connectivity index (χ1) is 14.3. The lowest BCUT2D eigenvalue weighted by atomic mass is 10.1. The van der Waals surface area contributed by atoms with E-state index in [1.165, 1.54) is 0 Å². The summed E-state index contributed by atoms with van der Waals surface area (Å²) in [4.78, 5) is 35.7. The molecule has 0 saturated carbocycles. The Hall–Kier alpha value is -3.35. The van der Waals surface area contributed by atoms with E-state index < -0.39 is 0 Å². The van der Waals surface area contributed by atoms with Crippen LogP contribution in [0.15, 0.2) is 42.5 Å². The van der Waals surface area contributed by atoms with Crippen molar-refractivity contribution in [3.63, 3.8) is 0 Å². The highest BCUT2D eigenvalue weighted by atomic mass is 16.2. The molecule has 0 aromatic heterocycles. The molecule has 0 atom stereocenters. The number of hydrogen-bond donors (Lipinski definition) is 4. The molecule has 7 heteroatoms. The molecule has 4 N–H and O–H groups in total. The molecular formula is C23H30N4O3. The quantitative estimate of drug-likeness (QED) is 0.493. The van der Waals surface area contributed by atoms with E-state index in [1.54, 1.807) is 31.2 Å². The van der Waals surface area contributed by atoms with Crippen LogP contribution in [0.1, 0.15) is 39.2 Å². The summed E-state index contributed by atoms with van der Waals surface area (Å²) in [7, 11) is 0. The molecule has 160 valence electrons. The number of rotatable bonds is 9. The van der Waals surface area contributed by atoms with Crippen LogP contribution in [-0.2, 0) is 14.4 Å². The monoisotopic (exact) mass is 410 g/mol. The van der Waals surface area contributed by atoms with Crippen LogP contribution in [0, 0.1) is 12.8 Å². The molecule has 3 amide bonds. The molecule has 7 nitrogen and oxygen atoms in total. The summed E-state index contributed by atoms with van der Waals surface area (Å²) in [5, 5.41) is 11.6. The van der Waals surface area contributed by atoms with Crippen LogP contribution in [0.2, 0.25) is 0 Å². The standard InChI is InChI=1S/C23H30N4O3/c1-5-21(28)27-20-8-6-7-19(16(20)4)24-14-23(30)26-18-11-9-17(10-12-18)25-22(29)13-15(2)3/h6-12,15,24H,5,13-14H2,1-4H3,(H,25,29)(H,26,30)(H,27,28). The fourth-order valence-corrected chi connectivity index (χ4v) is 2.80. The Kier molecular flexibility index (Phi) is 8.41. The van der Waals surface area contributed by atoms with E-state index >= 15 is 0 Å². The number of carbonyl (C=O) groups is 3. The fourth-order valence-electron chi connectivity index (χ4n) is 2.80. The maximum absolute atomic E-state index is 12.3. The molecule has 2 rings (SSSR count). The molecule has 0 aliphatic heterocycles. The second-order valence-corrected chi connectivity index (χ2v) is 7.51. The minimum Gasteiger partial charge on any atom is -0.376 e. The Morgan fingerprint density at radius 1 is 0.800 bits per heavy atom. The normalized spacial score (nSPS) is 10.4. The van der Waals surface area contributed by atoms with E-state index in [0.717, 1.165) is 16.9 Å².